The minimum Gasteiger partial charge on any atom is -0.410 e. The molecule has 0 bridgehead atoms. The number of carbonyl (C=O) groups is 1. The average Bonchev–Trinajstić information content (AvgIpc) is 2.83. The molecule has 0 heterocycles. The number of hydrogen-bond donors (Lipinski definition) is 1. The maximum absolute atomic E-state index is 11.8. The van der Waals surface area contributed by atoms with Gasteiger partial charge >= 0.3 is 6.09 Å². The van der Waals surface area contributed by atoms with Gasteiger partial charge < -0.3 is 10.1 Å². The Morgan fingerprint density at radius 3 is 2.63 bits per heavy atom. The van der Waals surface area contributed by atoms with Crippen molar-refractivity contribution in [2.45, 2.75) is 18.9 Å². The van der Waals surface area contributed by atoms with Gasteiger partial charge in [0.1, 0.15) is 5.75 Å². The topological polar surface area (TPSA) is 38.3 Å². The molecule has 1 atom stereocenters. The molecule has 0 saturated carbocycles. The van der Waals surface area contributed by atoms with Crippen LogP contribution in [0.15, 0.2) is 54.6 Å². The molecule has 3 heteroatoms. The Morgan fingerprint density at radius 2 is 1.79 bits per heavy atom. The second kappa shape index (κ2) is 5.14. The normalized spacial score (nSPS) is 16.7. The molecule has 1 aliphatic carbocycles. The molecule has 0 aliphatic heterocycles. The van der Waals surface area contributed by atoms with E-state index in [9.17, 15) is 4.79 Å². The first-order valence-electron chi connectivity index (χ1n) is 6.44. The van der Waals surface area contributed by atoms with E-state index < -0.39 is 6.09 Å². The van der Waals surface area contributed by atoms with E-state index >= 15 is 0 Å². The first kappa shape index (κ1) is 11.8. The molecule has 1 unspecified atom stereocenters. The third-order valence-corrected chi connectivity index (χ3v) is 3.38. The van der Waals surface area contributed by atoms with Gasteiger partial charge in [-0.05, 0) is 36.1 Å². The molecule has 0 fully saturated rings. The van der Waals surface area contributed by atoms with Crippen molar-refractivity contribution in [2.75, 3.05) is 0 Å². The van der Waals surface area contributed by atoms with Crippen LogP contribution in [0.1, 0.15) is 23.6 Å². The largest absolute Gasteiger partial charge is 0.413 e. The second-order valence-electron chi connectivity index (χ2n) is 4.64. The van der Waals surface area contributed by atoms with E-state index in [-0.39, 0.29) is 6.04 Å². The molecule has 3 nitrogen and oxygen atoms in total. The highest BCUT2D eigenvalue weighted by molar-refractivity contribution is 5.71. The van der Waals surface area contributed by atoms with Crippen LogP contribution in [0, 0.1) is 0 Å². The van der Waals surface area contributed by atoms with E-state index in [1.165, 1.54) is 11.1 Å². The van der Waals surface area contributed by atoms with Gasteiger partial charge in [-0.3, -0.25) is 0 Å². The minimum atomic E-state index is -0.395. The van der Waals surface area contributed by atoms with Crippen molar-refractivity contribution < 1.29 is 9.53 Å². The Kier molecular flexibility index (Phi) is 3.19. The monoisotopic (exact) mass is 253 g/mol. The lowest BCUT2D eigenvalue weighted by Gasteiger charge is -2.13. The molecule has 1 amide bonds. The van der Waals surface area contributed by atoms with Gasteiger partial charge in [0.05, 0.1) is 6.04 Å². The zero-order valence-electron chi connectivity index (χ0n) is 10.5. The number of fused-ring (bicyclic) bond motifs is 1. The van der Waals surface area contributed by atoms with Crippen molar-refractivity contribution in [3.05, 3.63) is 65.7 Å². The Bertz CT molecular complexity index is 580. The molecule has 19 heavy (non-hydrogen) atoms. The number of aryl methyl sites for hydroxylation is 1. The lowest BCUT2D eigenvalue weighted by Crippen LogP contribution is -2.29. The predicted molar refractivity (Wildman–Crippen MR) is 73.1 cm³/mol. The van der Waals surface area contributed by atoms with Gasteiger partial charge in [-0.25, -0.2) is 4.79 Å². The zero-order valence-corrected chi connectivity index (χ0v) is 10.5. The molecule has 0 spiro atoms. The van der Waals surface area contributed by atoms with Crippen molar-refractivity contribution in [2.24, 2.45) is 0 Å². The van der Waals surface area contributed by atoms with Gasteiger partial charge in [-0.15, -0.1) is 0 Å². The first-order valence-corrected chi connectivity index (χ1v) is 6.44. The van der Waals surface area contributed by atoms with Gasteiger partial charge in [-0.1, -0.05) is 42.5 Å². The number of amides is 1. The van der Waals surface area contributed by atoms with Crippen molar-refractivity contribution in [1.29, 1.82) is 0 Å². The van der Waals surface area contributed by atoms with Crippen LogP contribution in [0.5, 0.6) is 5.75 Å². The second-order valence-corrected chi connectivity index (χ2v) is 4.64. The van der Waals surface area contributed by atoms with Crippen LogP contribution in [0.25, 0.3) is 0 Å². The average molecular weight is 253 g/mol. The number of ether oxygens (including phenoxy) is 1. The molecule has 96 valence electrons. The SMILES string of the molecule is O=C(NC1CCc2ccccc21)Oc1ccccc1. The number of rotatable bonds is 2. The predicted octanol–water partition coefficient (Wildman–Crippen LogP) is 3.46. The number of benzene rings is 2. The Balaban J connectivity index is 1.65. The van der Waals surface area contributed by atoms with Gasteiger partial charge in [0.15, 0.2) is 0 Å². The summed E-state index contributed by atoms with van der Waals surface area (Å²) in [5, 5.41) is 2.92. The summed E-state index contributed by atoms with van der Waals surface area (Å²) in [7, 11) is 0. The highest BCUT2D eigenvalue weighted by Gasteiger charge is 2.23. The molecule has 1 N–H and O–H groups in total. The van der Waals surface area contributed by atoms with Gasteiger partial charge in [0, 0.05) is 0 Å². The van der Waals surface area contributed by atoms with E-state index in [0.29, 0.717) is 5.75 Å². The van der Waals surface area contributed by atoms with E-state index in [1.54, 1.807) is 12.1 Å². The third-order valence-electron chi connectivity index (χ3n) is 3.38. The van der Waals surface area contributed by atoms with Crippen molar-refractivity contribution in [1.82, 2.24) is 5.32 Å². The van der Waals surface area contributed by atoms with Crippen LogP contribution in [-0.2, 0) is 6.42 Å². The van der Waals surface area contributed by atoms with Gasteiger partial charge in [0.2, 0.25) is 0 Å². The number of hydrogen-bond acceptors (Lipinski definition) is 2. The standard InChI is InChI=1S/C16H15NO2/c18-16(19-13-7-2-1-3-8-13)17-15-11-10-12-6-4-5-9-14(12)15/h1-9,15H,10-11H2,(H,17,18). The Morgan fingerprint density at radius 1 is 1.05 bits per heavy atom. The fourth-order valence-corrected chi connectivity index (χ4v) is 2.47. The van der Waals surface area contributed by atoms with Gasteiger partial charge in [0.25, 0.3) is 0 Å². The van der Waals surface area contributed by atoms with E-state index in [1.807, 2.05) is 30.3 Å². The lowest BCUT2D eigenvalue weighted by molar-refractivity contribution is 0.196. The van der Waals surface area contributed by atoms with E-state index in [0.717, 1.165) is 12.8 Å². The smallest absolute Gasteiger partial charge is 0.410 e. The number of carbonyl (C=O) groups excluding carboxylic acids is 1. The molecule has 0 radical (unpaired) electrons. The van der Waals surface area contributed by atoms with Crippen molar-refractivity contribution in [3.8, 4) is 5.75 Å². The summed E-state index contributed by atoms with van der Waals surface area (Å²) >= 11 is 0. The quantitative estimate of drug-likeness (QED) is 0.890. The number of para-hydroxylation sites is 1. The maximum atomic E-state index is 11.8. The van der Waals surface area contributed by atoms with Crippen LogP contribution in [0.2, 0.25) is 0 Å². The molecule has 0 saturated heterocycles. The summed E-state index contributed by atoms with van der Waals surface area (Å²) in [6, 6.07) is 17.4. The van der Waals surface area contributed by atoms with Crippen LogP contribution >= 0.6 is 0 Å². The van der Waals surface area contributed by atoms with Crippen molar-refractivity contribution >= 4 is 6.09 Å². The van der Waals surface area contributed by atoms with Crippen LogP contribution in [0.4, 0.5) is 4.79 Å². The molecule has 2 aromatic carbocycles. The van der Waals surface area contributed by atoms with Crippen LogP contribution in [-0.4, -0.2) is 6.09 Å². The zero-order chi connectivity index (χ0) is 13.1. The third kappa shape index (κ3) is 2.60. The number of nitrogens with one attached hydrogen (secondary N) is 1. The minimum absolute atomic E-state index is 0.0624. The van der Waals surface area contributed by atoms with Crippen LogP contribution in [0.3, 0.4) is 0 Å². The molecular formula is C16H15NO2. The first-order chi connectivity index (χ1) is 9.33. The molecular weight excluding hydrogens is 238 g/mol. The highest BCUT2D eigenvalue weighted by atomic mass is 16.6. The summed E-state index contributed by atoms with van der Waals surface area (Å²) in [6.07, 6.45) is 1.54. The lowest BCUT2D eigenvalue weighted by atomic mass is 10.1. The summed E-state index contributed by atoms with van der Waals surface area (Å²) in [4.78, 5) is 11.8. The highest BCUT2D eigenvalue weighted by Crippen LogP contribution is 2.30. The summed E-state index contributed by atoms with van der Waals surface area (Å²) in [5.74, 6) is 0.561. The molecule has 0 aromatic heterocycles. The maximum Gasteiger partial charge on any atom is 0.413 e. The van der Waals surface area contributed by atoms with E-state index in [2.05, 4.69) is 17.4 Å². The summed E-state index contributed by atoms with van der Waals surface area (Å²) < 4.78 is 5.24. The fraction of sp³-hybridized carbons (Fsp3) is 0.188. The fourth-order valence-electron chi connectivity index (χ4n) is 2.47. The summed E-state index contributed by atoms with van der Waals surface area (Å²) in [5.41, 5.74) is 2.51. The van der Waals surface area contributed by atoms with Gasteiger partial charge in [-0.2, -0.15) is 0 Å². The van der Waals surface area contributed by atoms with Crippen LogP contribution < -0.4 is 10.1 Å². The van der Waals surface area contributed by atoms with Crippen molar-refractivity contribution in [3.63, 3.8) is 0 Å². The molecule has 2 aromatic rings. The van der Waals surface area contributed by atoms with E-state index in [4.69, 9.17) is 4.74 Å². The molecule has 3 rings (SSSR count). The Hall–Kier alpha value is -2.29. The summed E-state index contributed by atoms with van der Waals surface area (Å²) in [6.45, 7) is 0. The molecule has 1 aliphatic rings. The Labute approximate surface area is 112 Å².